The molecule has 70 heavy (non-hydrogen) atoms. The first-order chi connectivity index (χ1) is 32.7. The van der Waals surface area contributed by atoms with Gasteiger partial charge >= 0.3 is 21.1 Å². The summed E-state index contributed by atoms with van der Waals surface area (Å²) in [7, 11) is 0. The zero-order valence-corrected chi connectivity index (χ0v) is 45.7. The zero-order chi connectivity index (χ0) is 48.9. The van der Waals surface area contributed by atoms with Crippen LogP contribution < -0.4 is 4.74 Å². The molecule has 0 bridgehead atoms. The minimum atomic E-state index is -0.707. The summed E-state index contributed by atoms with van der Waals surface area (Å²) in [5, 5.41) is 2.35. The van der Waals surface area contributed by atoms with Gasteiger partial charge in [0.1, 0.15) is 22.7 Å². The topological polar surface area (TPSA) is 48.6 Å². The average molecular weight is 1110 g/mol. The molecule has 6 heteroatoms. The van der Waals surface area contributed by atoms with Crippen molar-refractivity contribution in [2.24, 2.45) is 10.9 Å². The van der Waals surface area contributed by atoms with Gasteiger partial charge in [0.15, 0.2) is 0 Å². The van der Waals surface area contributed by atoms with Crippen molar-refractivity contribution in [1.82, 2.24) is 9.55 Å². The number of hydrogen-bond acceptors (Lipinski definition) is 4. The molecule has 0 amide bonds. The zero-order valence-electron chi connectivity index (χ0n) is 43.4. The molecule has 0 fully saturated rings. The van der Waals surface area contributed by atoms with E-state index in [1.807, 2.05) is 12.3 Å². The van der Waals surface area contributed by atoms with E-state index >= 15 is 0 Å². The van der Waals surface area contributed by atoms with E-state index < -0.39 is 11.1 Å². The van der Waals surface area contributed by atoms with Crippen LogP contribution in [0, 0.1) is 25.0 Å². The minimum absolute atomic E-state index is 0. The van der Waals surface area contributed by atoms with E-state index in [-0.39, 0.29) is 55.6 Å². The second-order valence-corrected chi connectivity index (χ2v) is 22.6. The number of nitrogens with zero attached hydrogens (tertiary/aromatic N) is 3. The summed E-state index contributed by atoms with van der Waals surface area (Å²) in [5.74, 6) is 2.37. The summed E-state index contributed by atoms with van der Waals surface area (Å²) in [5.41, 5.74) is 14.1. The molecule has 10 rings (SSSR count). The number of ether oxygens (including phenoxy) is 2. The molecule has 0 saturated carbocycles. The van der Waals surface area contributed by atoms with Crippen LogP contribution in [0.4, 0.5) is 0 Å². The number of rotatable bonds is 10. The van der Waals surface area contributed by atoms with Crippen LogP contribution in [0.5, 0.6) is 11.5 Å². The van der Waals surface area contributed by atoms with E-state index in [0.717, 1.165) is 33.4 Å². The third kappa shape index (κ3) is 7.86. The number of aromatic nitrogens is 2. The Morgan fingerprint density at radius 3 is 1.90 bits per heavy atom. The van der Waals surface area contributed by atoms with E-state index in [0.29, 0.717) is 17.4 Å². The largest absolute Gasteiger partial charge is 2.00 e. The van der Waals surface area contributed by atoms with Crippen molar-refractivity contribution in [3.63, 3.8) is 0 Å². The molecular formula is C64H67N3O2Pt. The normalized spacial score (nSPS) is 18.4. The van der Waals surface area contributed by atoms with Gasteiger partial charge in [0, 0.05) is 34.4 Å². The van der Waals surface area contributed by atoms with Crippen molar-refractivity contribution < 1.29 is 30.5 Å². The van der Waals surface area contributed by atoms with Gasteiger partial charge in [-0.1, -0.05) is 197 Å². The van der Waals surface area contributed by atoms with E-state index in [9.17, 15) is 0 Å². The molecule has 2 aromatic heterocycles. The van der Waals surface area contributed by atoms with Crippen LogP contribution in [0.2, 0.25) is 0 Å². The molecule has 2 aliphatic rings. The molecule has 2 atom stereocenters. The monoisotopic (exact) mass is 1100 g/mol. The third-order valence-electron chi connectivity index (χ3n) is 15.8. The molecule has 4 heterocycles. The Balaban J connectivity index is 0.00000608. The summed E-state index contributed by atoms with van der Waals surface area (Å²) in [6, 6.07) is 51.7. The SMILES string of the molecule is Cc1cc2c([c-]c1Oc1[c-]c(C3=N[C@](C)(C(c4ccccc4)c4ccccc4)[C@@](C)(C(C)C)O3)cc(-c3c(C(C)C)cccc3C(C)C)c1)-n1c3ncccc3c3cc(C(C)(C)C)cc(c31)C2(C)C.[Pt+2]. The first-order valence-electron chi connectivity index (χ1n) is 25.0. The van der Waals surface area contributed by atoms with Gasteiger partial charge in [-0.2, -0.15) is 6.07 Å². The van der Waals surface area contributed by atoms with E-state index in [2.05, 4.69) is 229 Å². The molecule has 8 aromatic rings. The molecule has 0 aliphatic carbocycles. The first kappa shape index (κ1) is 49.2. The Morgan fingerprint density at radius 2 is 1.31 bits per heavy atom. The van der Waals surface area contributed by atoms with E-state index in [1.165, 1.54) is 55.4 Å². The van der Waals surface area contributed by atoms with Crippen molar-refractivity contribution in [3.05, 3.63) is 190 Å². The number of benzene rings is 6. The third-order valence-corrected chi connectivity index (χ3v) is 15.8. The van der Waals surface area contributed by atoms with Gasteiger partial charge in [0.2, 0.25) is 0 Å². The molecule has 0 saturated heterocycles. The number of pyridine rings is 1. The number of aliphatic imine (C=N–C) groups is 1. The standard InChI is InChI=1S/C64H67N3O2.Pt/c1-38(2)48-27-21-28-49(39(3)4)56(48)44-32-45(60-66-63(13,64(14,69-60)40(5)6)57(42-23-17-15-18-24-42)43-25-19-16-20-26-43)34-47(33-44)68-55-37-54-52(31-41(55)7)62(11,12)53-36-46(61(8,9)10)35-51-50-29-22-30-65-59(50)67(54)58(51)53;/h15-33,35-36,38-40,57H,1-14H3;/q-2;+2/t63-,64-;/m1./s1. The number of hydrogen-bond donors (Lipinski definition) is 0. The van der Waals surface area contributed by atoms with Crippen molar-refractivity contribution in [1.29, 1.82) is 0 Å². The number of fused-ring (bicyclic) bond motifs is 5. The van der Waals surface area contributed by atoms with Crippen LogP contribution in [-0.2, 0) is 36.6 Å². The summed E-state index contributed by atoms with van der Waals surface area (Å²) in [4.78, 5) is 10.8. The quantitative estimate of drug-likeness (QED) is 0.128. The Morgan fingerprint density at radius 1 is 0.686 bits per heavy atom. The molecule has 0 spiro atoms. The fourth-order valence-corrected chi connectivity index (χ4v) is 11.4. The Kier molecular flexibility index (Phi) is 12.5. The smallest absolute Gasteiger partial charge is 0.511 e. The Hall–Kier alpha value is -5.77. The predicted octanol–water partition coefficient (Wildman–Crippen LogP) is 16.5. The maximum Gasteiger partial charge on any atom is 2.00 e. The molecule has 0 radical (unpaired) electrons. The molecule has 360 valence electrons. The Bertz CT molecular complexity index is 3250. The molecule has 0 unspecified atom stereocenters. The van der Waals surface area contributed by atoms with Gasteiger partial charge in [-0.15, -0.1) is 23.3 Å². The second kappa shape index (κ2) is 17.8. The predicted molar refractivity (Wildman–Crippen MR) is 286 cm³/mol. The van der Waals surface area contributed by atoms with Crippen LogP contribution in [0.1, 0.15) is 158 Å². The molecule has 2 aliphatic heterocycles. The van der Waals surface area contributed by atoms with Gasteiger partial charge in [-0.25, -0.2) is 4.98 Å². The fraction of sp³-hybridized carbons (Fsp3) is 0.344. The van der Waals surface area contributed by atoms with Gasteiger partial charge < -0.3 is 14.0 Å². The minimum Gasteiger partial charge on any atom is -0.511 e. The van der Waals surface area contributed by atoms with Gasteiger partial charge in [-0.3, -0.25) is 4.99 Å². The average Bonchev–Trinajstić information content (AvgIpc) is 3.80. The molecule has 5 nitrogen and oxygen atoms in total. The molecule has 0 N–H and O–H groups in total. The Labute approximate surface area is 431 Å². The van der Waals surface area contributed by atoms with Crippen molar-refractivity contribution >= 4 is 27.8 Å². The fourth-order valence-electron chi connectivity index (χ4n) is 11.4. The van der Waals surface area contributed by atoms with Crippen LogP contribution in [0.25, 0.3) is 38.8 Å². The second-order valence-electron chi connectivity index (χ2n) is 22.6. The van der Waals surface area contributed by atoms with Crippen molar-refractivity contribution in [2.75, 3.05) is 0 Å². The molecule has 6 aromatic carbocycles. The summed E-state index contributed by atoms with van der Waals surface area (Å²) >= 11 is 0. The molecular weight excluding hydrogens is 1040 g/mol. The summed E-state index contributed by atoms with van der Waals surface area (Å²) in [6.07, 6.45) is 1.90. The van der Waals surface area contributed by atoms with Crippen LogP contribution in [-0.4, -0.2) is 26.6 Å². The maximum absolute atomic E-state index is 7.38. The van der Waals surface area contributed by atoms with Crippen molar-refractivity contribution in [3.8, 4) is 28.3 Å². The van der Waals surface area contributed by atoms with Crippen LogP contribution >= 0.6 is 0 Å². The van der Waals surface area contributed by atoms with Crippen molar-refractivity contribution in [2.45, 2.75) is 137 Å². The van der Waals surface area contributed by atoms with Gasteiger partial charge in [-0.05, 0) is 99.6 Å². The van der Waals surface area contributed by atoms with E-state index in [4.69, 9.17) is 19.5 Å². The van der Waals surface area contributed by atoms with Gasteiger partial charge in [0.05, 0.1) is 5.52 Å². The first-order valence-corrected chi connectivity index (χ1v) is 25.0. The summed E-state index contributed by atoms with van der Waals surface area (Å²) < 4.78 is 16.9. The summed E-state index contributed by atoms with van der Waals surface area (Å²) in [6.45, 7) is 31.9. The van der Waals surface area contributed by atoms with Crippen LogP contribution in [0.3, 0.4) is 0 Å². The number of aryl methyl sites for hydroxylation is 1. The maximum atomic E-state index is 7.38. The van der Waals surface area contributed by atoms with E-state index in [1.54, 1.807) is 0 Å². The van der Waals surface area contributed by atoms with Crippen LogP contribution in [0.15, 0.2) is 133 Å². The van der Waals surface area contributed by atoms with Gasteiger partial charge in [0.25, 0.3) is 0 Å².